The van der Waals surface area contributed by atoms with E-state index in [1.54, 1.807) is 7.11 Å². The van der Waals surface area contributed by atoms with Gasteiger partial charge in [-0.1, -0.05) is 13.0 Å². The van der Waals surface area contributed by atoms with Crippen molar-refractivity contribution in [2.75, 3.05) is 26.9 Å². The van der Waals surface area contributed by atoms with E-state index in [1.165, 1.54) is 5.56 Å². The van der Waals surface area contributed by atoms with Gasteiger partial charge in [0.15, 0.2) is 11.5 Å². The number of rotatable bonds is 9. The van der Waals surface area contributed by atoms with Crippen LogP contribution in [0.4, 0.5) is 0 Å². The SMILES string of the molecule is CCCNCc1ccc(OCCCO)c(OC)c1. The van der Waals surface area contributed by atoms with Crippen LogP contribution < -0.4 is 14.8 Å². The van der Waals surface area contributed by atoms with Crippen molar-refractivity contribution in [1.29, 1.82) is 0 Å². The van der Waals surface area contributed by atoms with Gasteiger partial charge in [-0.05, 0) is 30.7 Å². The smallest absolute Gasteiger partial charge is 0.161 e. The molecule has 0 aliphatic carbocycles. The fourth-order valence-electron chi connectivity index (χ4n) is 1.60. The zero-order valence-electron chi connectivity index (χ0n) is 11.2. The summed E-state index contributed by atoms with van der Waals surface area (Å²) in [6.45, 7) is 4.63. The van der Waals surface area contributed by atoms with Crippen LogP contribution in [-0.2, 0) is 6.54 Å². The molecule has 1 aromatic rings. The summed E-state index contributed by atoms with van der Waals surface area (Å²) in [7, 11) is 1.64. The van der Waals surface area contributed by atoms with Gasteiger partial charge in [-0.2, -0.15) is 0 Å². The predicted molar refractivity (Wildman–Crippen MR) is 72.2 cm³/mol. The second kappa shape index (κ2) is 8.78. The summed E-state index contributed by atoms with van der Waals surface area (Å²) >= 11 is 0. The number of methoxy groups -OCH3 is 1. The maximum absolute atomic E-state index is 8.72. The molecule has 0 aromatic heterocycles. The van der Waals surface area contributed by atoms with Crippen LogP contribution in [0.25, 0.3) is 0 Å². The van der Waals surface area contributed by atoms with Crippen molar-refractivity contribution in [2.45, 2.75) is 26.3 Å². The Balaban J connectivity index is 2.58. The first-order chi connectivity index (χ1) is 8.81. The molecule has 0 fully saturated rings. The van der Waals surface area contributed by atoms with E-state index in [2.05, 4.69) is 12.2 Å². The van der Waals surface area contributed by atoms with Gasteiger partial charge in [0.2, 0.25) is 0 Å². The number of hydrogen-bond donors (Lipinski definition) is 2. The first-order valence-corrected chi connectivity index (χ1v) is 6.43. The number of ether oxygens (including phenoxy) is 2. The summed E-state index contributed by atoms with van der Waals surface area (Å²) in [5.41, 5.74) is 1.18. The third kappa shape index (κ3) is 4.94. The van der Waals surface area contributed by atoms with Crippen LogP contribution in [0.3, 0.4) is 0 Å². The molecule has 0 bridgehead atoms. The van der Waals surface area contributed by atoms with Gasteiger partial charge in [0.1, 0.15) is 0 Å². The topological polar surface area (TPSA) is 50.7 Å². The van der Waals surface area contributed by atoms with E-state index in [0.717, 1.165) is 31.0 Å². The van der Waals surface area contributed by atoms with Crippen LogP contribution in [0, 0.1) is 0 Å². The van der Waals surface area contributed by atoms with Crippen molar-refractivity contribution < 1.29 is 14.6 Å². The minimum absolute atomic E-state index is 0.140. The van der Waals surface area contributed by atoms with Gasteiger partial charge in [0.05, 0.1) is 13.7 Å². The molecule has 0 heterocycles. The summed E-state index contributed by atoms with van der Waals surface area (Å²) in [5.74, 6) is 1.47. The zero-order valence-corrected chi connectivity index (χ0v) is 11.2. The van der Waals surface area contributed by atoms with Gasteiger partial charge >= 0.3 is 0 Å². The second-order valence-corrected chi connectivity index (χ2v) is 4.09. The van der Waals surface area contributed by atoms with Gasteiger partial charge < -0.3 is 19.9 Å². The van der Waals surface area contributed by atoms with Gasteiger partial charge in [-0.3, -0.25) is 0 Å². The van der Waals surface area contributed by atoms with Gasteiger partial charge in [0, 0.05) is 19.6 Å². The second-order valence-electron chi connectivity index (χ2n) is 4.09. The van der Waals surface area contributed by atoms with Crippen LogP contribution in [0.15, 0.2) is 18.2 Å². The van der Waals surface area contributed by atoms with E-state index < -0.39 is 0 Å². The fraction of sp³-hybridized carbons (Fsp3) is 0.571. The summed E-state index contributed by atoms with van der Waals surface area (Å²) in [4.78, 5) is 0. The highest BCUT2D eigenvalue weighted by atomic mass is 16.5. The number of hydrogen-bond acceptors (Lipinski definition) is 4. The molecule has 1 aromatic carbocycles. The van der Waals surface area contributed by atoms with Crippen LogP contribution in [-0.4, -0.2) is 32.0 Å². The first-order valence-electron chi connectivity index (χ1n) is 6.43. The van der Waals surface area contributed by atoms with Crippen molar-refractivity contribution in [3.8, 4) is 11.5 Å². The molecule has 0 amide bonds. The molecule has 18 heavy (non-hydrogen) atoms. The maximum atomic E-state index is 8.72. The van der Waals surface area contributed by atoms with E-state index in [1.807, 2.05) is 18.2 Å². The molecular weight excluding hydrogens is 230 g/mol. The Hall–Kier alpha value is -1.26. The minimum atomic E-state index is 0.140. The molecule has 102 valence electrons. The average molecular weight is 253 g/mol. The van der Waals surface area contributed by atoms with Crippen LogP contribution in [0.2, 0.25) is 0 Å². The van der Waals surface area contributed by atoms with Crippen molar-refractivity contribution >= 4 is 0 Å². The normalized spacial score (nSPS) is 10.4. The lowest BCUT2D eigenvalue weighted by Gasteiger charge is -2.12. The van der Waals surface area contributed by atoms with Gasteiger partial charge in [-0.15, -0.1) is 0 Å². The molecule has 0 atom stereocenters. The Morgan fingerprint density at radius 3 is 2.78 bits per heavy atom. The molecule has 4 nitrogen and oxygen atoms in total. The monoisotopic (exact) mass is 253 g/mol. The van der Waals surface area contributed by atoms with E-state index >= 15 is 0 Å². The molecule has 0 aliphatic rings. The highest BCUT2D eigenvalue weighted by Crippen LogP contribution is 2.28. The van der Waals surface area contributed by atoms with Crippen molar-refractivity contribution in [1.82, 2.24) is 5.32 Å². The number of aliphatic hydroxyl groups excluding tert-OH is 1. The number of nitrogens with one attached hydrogen (secondary N) is 1. The highest BCUT2D eigenvalue weighted by Gasteiger charge is 2.05. The molecule has 2 N–H and O–H groups in total. The summed E-state index contributed by atoms with van der Waals surface area (Å²) in [5, 5.41) is 12.1. The molecule has 0 saturated carbocycles. The lowest BCUT2D eigenvalue weighted by Crippen LogP contribution is -2.13. The largest absolute Gasteiger partial charge is 0.493 e. The number of benzene rings is 1. The third-order valence-corrected chi connectivity index (χ3v) is 2.54. The maximum Gasteiger partial charge on any atom is 0.161 e. The molecule has 0 spiro atoms. The Bertz CT molecular complexity index is 342. The summed E-state index contributed by atoms with van der Waals surface area (Å²) in [6.07, 6.45) is 1.75. The minimum Gasteiger partial charge on any atom is -0.493 e. The van der Waals surface area contributed by atoms with Crippen molar-refractivity contribution in [3.63, 3.8) is 0 Å². The third-order valence-electron chi connectivity index (χ3n) is 2.54. The molecule has 0 saturated heterocycles. The Morgan fingerprint density at radius 2 is 2.11 bits per heavy atom. The van der Waals surface area contributed by atoms with E-state index in [9.17, 15) is 0 Å². The summed E-state index contributed by atoms with van der Waals surface area (Å²) < 4.78 is 10.9. The standard InChI is InChI=1S/C14H23NO3/c1-3-7-15-11-12-5-6-13(14(10-12)17-2)18-9-4-8-16/h5-6,10,15-16H,3-4,7-9,11H2,1-2H3. The van der Waals surface area contributed by atoms with Crippen molar-refractivity contribution in [3.05, 3.63) is 23.8 Å². The Morgan fingerprint density at radius 1 is 1.28 bits per heavy atom. The zero-order chi connectivity index (χ0) is 13.2. The van der Waals surface area contributed by atoms with E-state index in [4.69, 9.17) is 14.6 Å². The molecule has 0 unspecified atom stereocenters. The molecular formula is C14H23NO3. The van der Waals surface area contributed by atoms with Crippen LogP contribution in [0.1, 0.15) is 25.3 Å². The Kier molecular flexibility index (Phi) is 7.22. The molecule has 4 heteroatoms. The lowest BCUT2D eigenvalue weighted by molar-refractivity contribution is 0.228. The summed E-state index contributed by atoms with van der Waals surface area (Å²) in [6, 6.07) is 5.93. The van der Waals surface area contributed by atoms with Crippen LogP contribution >= 0.6 is 0 Å². The molecule has 0 radical (unpaired) electrons. The number of aliphatic hydroxyl groups is 1. The van der Waals surface area contributed by atoms with Crippen LogP contribution in [0.5, 0.6) is 11.5 Å². The quantitative estimate of drug-likeness (QED) is 0.661. The van der Waals surface area contributed by atoms with Gasteiger partial charge in [-0.25, -0.2) is 0 Å². The van der Waals surface area contributed by atoms with E-state index in [0.29, 0.717) is 13.0 Å². The van der Waals surface area contributed by atoms with Crippen molar-refractivity contribution in [2.24, 2.45) is 0 Å². The first kappa shape index (κ1) is 14.8. The fourth-order valence-corrected chi connectivity index (χ4v) is 1.60. The Labute approximate surface area is 109 Å². The average Bonchev–Trinajstić information content (AvgIpc) is 2.40. The molecule has 0 aliphatic heterocycles. The van der Waals surface area contributed by atoms with E-state index in [-0.39, 0.29) is 6.61 Å². The molecule has 1 rings (SSSR count). The lowest BCUT2D eigenvalue weighted by atomic mass is 10.2. The highest BCUT2D eigenvalue weighted by molar-refractivity contribution is 5.42. The predicted octanol–water partition coefficient (Wildman–Crippen LogP) is 1.96. The van der Waals surface area contributed by atoms with Gasteiger partial charge in [0.25, 0.3) is 0 Å².